The quantitative estimate of drug-likeness (QED) is 0.898. The predicted molar refractivity (Wildman–Crippen MR) is 86.0 cm³/mol. The van der Waals surface area contributed by atoms with E-state index in [4.69, 9.17) is 11.6 Å². The molecule has 1 aliphatic rings. The first-order chi connectivity index (χ1) is 10.2. The molecule has 21 heavy (non-hydrogen) atoms. The van der Waals surface area contributed by atoms with E-state index in [1.807, 2.05) is 13.0 Å². The third-order valence-electron chi connectivity index (χ3n) is 3.93. The first-order valence-corrected chi connectivity index (χ1v) is 8.00. The fourth-order valence-electron chi connectivity index (χ4n) is 2.83. The van der Waals surface area contributed by atoms with Crippen LogP contribution in [0.3, 0.4) is 0 Å². The minimum Gasteiger partial charge on any atom is -0.394 e. The highest BCUT2D eigenvalue weighted by Gasteiger charge is 2.27. The molecule has 0 aliphatic carbocycles. The number of anilines is 1. The van der Waals surface area contributed by atoms with Crippen molar-refractivity contribution in [2.45, 2.75) is 38.6 Å². The van der Waals surface area contributed by atoms with Gasteiger partial charge in [-0.05, 0) is 38.0 Å². The van der Waals surface area contributed by atoms with Crippen molar-refractivity contribution in [2.24, 2.45) is 0 Å². The van der Waals surface area contributed by atoms with Crippen LogP contribution in [0.25, 0.3) is 0 Å². The van der Waals surface area contributed by atoms with Gasteiger partial charge in [-0.3, -0.25) is 4.79 Å². The molecular weight excluding hydrogens is 288 g/mol. The molecule has 1 unspecified atom stereocenters. The van der Waals surface area contributed by atoms with Crippen LogP contribution in [0.4, 0.5) is 5.69 Å². The van der Waals surface area contributed by atoms with E-state index in [-0.39, 0.29) is 18.6 Å². The zero-order valence-corrected chi connectivity index (χ0v) is 13.2. The van der Waals surface area contributed by atoms with E-state index < -0.39 is 0 Å². The summed E-state index contributed by atoms with van der Waals surface area (Å²) in [5, 5.41) is 13.3. The number of benzene rings is 1. The molecule has 1 atom stereocenters. The minimum atomic E-state index is -0.0894. The number of rotatable bonds is 4. The molecule has 0 saturated carbocycles. The Morgan fingerprint density at radius 2 is 2.24 bits per heavy atom. The number of carbonyl (C=O) groups is 1. The molecule has 1 saturated heterocycles. The van der Waals surface area contributed by atoms with E-state index in [0.717, 1.165) is 37.9 Å². The molecule has 1 aliphatic heterocycles. The Morgan fingerprint density at radius 1 is 1.43 bits per heavy atom. The van der Waals surface area contributed by atoms with Gasteiger partial charge in [-0.25, -0.2) is 0 Å². The van der Waals surface area contributed by atoms with Gasteiger partial charge in [0.05, 0.1) is 18.2 Å². The van der Waals surface area contributed by atoms with Crippen molar-refractivity contribution in [1.82, 2.24) is 4.90 Å². The number of nitrogens with zero attached hydrogens (tertiary/aromatic N) is 1. The molecule has 2 rings (SSSR count). The van der Waals surface area contributed by atoms with E-state index in [0.29, 0.717) is 17.1 Å². The van der Waals surface area contributed by atoms with Crippen LogP contribution in [0.2, 0.25) is 5.02 Å². The summed E-state index contributed by atoms with van der Waals surface area (Å²) in [4.78, 5) is 14.7. The number of carbonyl (C=O) groups excluding carboxylic acids is 1. The Kier molecular flexibility index (Phi) is 5.88. The van der Waals surface area contributed by atoms with Crippen LogP contribution in [0.5, 0.6) is 0 Å². The summed E-state index contributed by atoms with van der Waals surface area (Å²) in [6.07, 6.45) is 4.01. The average Bonchev–Trinajstić information content (AvgIpc) is 2.73. The third-order valence-corrected chi connectivity index (χ3v) is 4.16. The third kappa shape index (κ3) is 3.89. The van der Waals surface area contributed by atoms with Gasteiger partial charge in [0.15, 0.2) is 0 Å². The Morgan fingerprint density at radius 3 is 2.95 bits per heavy atom. The van der Waals surface area contributed by atoms with Gasteiger partial charge in [0.1, 0.15) is 0 Å². The molecule has 2 N–H and O–H groups in total. The minimum absolute atomic E-state index is 0.0167. The zero-order chi connectivity index (χ0) is 15.2. The number of hydrogen-bond acceptors (Lipinski definition) is 3. The largest absolute Gasteiger partial charge is 0.394 e. The highest BCUT2D eigenvalue weighted by molar-refractivity contribution is 6.31. The molecule has 0 spiro atoms. The number of likely N-dealkylation sites (tertiary alicyclic amines) is 1. The standard InChI is InChI=1S/C16H23ClN2O2/c1-2-18-15-8-7-12(17)10-14(15)16(21)19-9-5-3-4-6-13(19)11-20/h7-8,10,13,18,20H,2-6,9,11H2,1H3. The first kappa shape index (κ1) is 16.1. The fraction of sp³-hybridized carbons (Fsp3) is 0.562. The van der Waals surface area contributed by atoms with Gasteiger partial charge in [-0.15, -0.1) is 0 Å². The molecule has 116 valence electrons. The Labute approximate surface area is 131 Å². The molecule has 1 heterocycles. The fourth-order valence-corrected chi connectivity index (χ4v) is 3.00. The maximum atomic E-state index is 12.9. The van der Waals surface area contributed by atoms with Crippen molar-refractivity contribution in [2.75, 3.05) is 25.0 Å². The molecule has 1 amide bonds. The smallest absolute Gasteiger partial charge is 0.256 e. The van der Waals surface area contributed by atoms with Crippen molar-refractivity contribution in [3.05, 3.63) is 28.8 Å². The van der Waals surface area contributed by atoms with Crippen LogP contribution in [-0.2, 0) is 0 Å². The van der Waals surface area contributed by atoms with Gasteiger partial charge in [0.25, 0.3) is 5.91 Å². The lowest BCUT2D eigenvalue weighted by Gasteiger charge is -2.29. The van der Waals surface area contributed by atoms with Crippen LogP contribution < -0.4 is 5.32 Å². The van der Waals surface area contributed by atoms with Crippen LogP contribution in [0.1, 0.15) is 43.0 Å². The van der Waals surface area contributed by atoms with Crippen LogP contribution in [0.15, 0.2) is 18.2 Å². The number of aliphatic hydroxyl groups excluding tert-OH is 1. The van der Waals surface area contributed by atoms with Gasteiger partial charge in [-0.1, -0.05) is 24.4 Å². The van der Waals surface area contributed by atoms with E-state index in [9.17, 15) is 9.90 Å². The molecule has 0 bridgehead atoms. The summed E-state index contributed by atoms with van der Waals surface area (Å²) in [6.45, 7) is 3.45. The van der Waals surface area contributed by atoms with Crippen molar-refractivity contribution < 1.29 is 9.90 Å². The SMILES string of the molecule is CCNc1ccc(Cl)cc1C(=O)N1CCCCCC1CO. The molecular formula is C16H23ClN2O2. The molecule has 1 aromatic rings. The predicted octanol–water partition coefficient (Wildman–Crippen LogP) is 3.15. The van der Waals surface area contributed by atoms with Crippen LogP contribution in [0, 0.1) is 0 Å². The molecule has 5 heteroatoms. The lowest BCUT2D eigenvalue weighted by molar-refractivity contribution is 0.0601. The number of aliphatic hydroxyl groups is 1. The zero-order valence-electron chi connectivity index (χ0n) is 12.4. The number of amides is 1. The molecule has 0 aromatic heterocycles. The lowest BCUT2D eigenvalue weighted by Crippen LogP contribution is -2.42. The normalized spacial score (nSPS) is 19.2. The van der Waals surface area contributed by atoms with E-state index in [1.165, 1.54) is 0 Å². The average molecular weight is 311 g/mol. The Bertz CT molecular complexity index is 493. The monoisotopic (exact) mass is 310 g/mol. The van der Waals surface area contributed by atoms with Gasteiger partial charge in [0, 0.05) is 23.8 Å². The van der Waals surface area contributed by atoms with E-state index >= 15 is 0 Å². The Balaban J connectivity index is 2.30. The van der Waals surface area contributed by atoms with Crippen molar-refractivity contribution in [3.8, 4) is 0 Å². The van der Waals surface area contributed by atoms with Crippen LogP contribution in [-0.4, -0.2) is 41.7 Å². The number of hydrogen-bond donors (Lipinski definition) is 2. The summed E-state index contributed by atoms with van der Waals surface area (Å²) in [6, 6.07) is 5.24. The molecule has 1 aromatic carbocycles. The number of halogens is 1. The van der Waals surface area contributed by atoms with Gasteiger partial charge in [-0.2, -0.15) is 0 Å². The second kappa shape index (κ2) is 7.66. The molecule has 1 fully saturated rings. The van der Waals surface area contributed by atoms with Gasteiger partial charge in [0.2, 0.25) is 0 Å². The summed E-state index contributed by atoms with van der Waals surface area (Å²) in [5.41, 5.74) is 1.39. The molecule has 0 radical (unpaired) electrons. The van der Waals surface area contributed by atoms with Crippen molar-refractivity contribution in [1.29, 1.82) is 0 Å². The lowest BCUT2D eigenvalue weighted by atomic mass is 10.1. The summed E-state index contributed by atoms with van der Waals surface area (Å²) in [5.74, 6) is -0.0469. The summed E-state index contributed by atoms with van der Waals surface area (Å²) >= 11 is 6.05. The topological polar surface area (TPSA) is 52.6 Å². The van der Waals surface area contributed by atoms with Crippen molar-refractivity contribution >= 4 is 23.2 Å². The second-order valence-corrected chi connectivity index (χ2v) is 5.84. The van der Waals surface area contributed by atoms with Crippen molar-refractivity contribution in [3.63, 3.8) is 0 Å². The number of nitrogens with one attached hydrogen (secondary N) is 1. The second-order valence-electron chi connectivity index (χ2n) is 5.40. The van der Waals surface area contributed by atoms with E-state index in [2.05, 4.69) is 5.32 Å². The summed E-state index contributed by atoms with van der Waals surface area (Å²) < 4.78 is 0. The maximum Gasteiger partial charge on any atom is 0.256 e. The highest BCUT2D eigenvalue weighted by atomic mass is 35.5. The maximum absolute atomic E-state index is 12.9. The highest BCUT2D eigenvalue weighted by Crippen LogP contribution is 2.25. The Hall–Kier alpha value is -1.26. The van der Waals surface area contributed by atoms with E-state index in [1.54, 1.807) is 17.0 Å². The summed E-state index contributed by atoms with van der Waals surface area (Å²) in [7, 11) is 0. The molecule has 4 nitrogen and oxygen atoms in total. The van der Waals surface area contributed by atoms with Gasteiger partial charge < -0.3 is 15.3 Å². The van der Waals surface area contributed by atoms with Crippen LogP contribution >= 0.6 is 11.6 Å². The first-order valence-electron chi connectivity index (χ1n) is 7.62. The van der Waals surface area contributed by atoms with Gasteiger partial charge >= 0.3 is 0 Å².